The van der Waals surface area contributed by atoms with E-state index in [-0.39, 0.29) is 11.9 Å². The van der Waals surface area contributed by atoms with Gasteiger partial charge in [0.2, 0.25) is 5.91 Å². The number of benzene rings is 1. The third-order valence-corrected chi connectivity index (χ3v) is 3.47. The highest BCUT2D eigenvalue weighted by molar-refractivity contribution is 5.91. The van der Waals surface area contributed by atoms with Gasteiger partial charge in [0, 0.05) is 18.5 Å². The van der Waals surface area contributed by atoms with E-state index in [4.69, 9.17) is 0 Å². The van der Waals surface area contributed by atoms with Crippen molar-refractivity contribution < 1.29 is 4.79 Å². The maximum Gasteiger partial charge on any atom is 0.244 e. The van der Waals surface area contributed by atoms with Gasteiger partial charge in [0.1, 0.15) is 12.7 Å². The summed E-state index contributed by atoms with van der Waals surface area (Å²) in [6.07, 6.45) is 9.75. The summed E-state index contributed by atoms with van der Waals surface area (Å²) in [7, 11) is 0. The van der Waals surface area contributed by atoms with Gasteiger partial charge in [-0.3, -0.25) is 14.5 Å². The predicted octanol–water partition coefficient (Wildman–Crippen LogP) is 2.24. The summed E-state index contributed by atoms with van der Waals surface area (Å²) < 4.78 is 1.70. The lowest BCUT2D eigenvalue weighted by atomic mass is 10.1. The van der Waals surface area contributed by atoms with Crippen LogP contribution in [0.1, 0.15) is 17.2 Å². The number of aromatic nitrogens is 4. The van der Waals surface area contributed by atoms with Gasteiger partial charge in [0.15, 0.2) is 0 Å². The molecule has 0 aliphatic heterocycles. The minimum absolute atomic E-state index is 0.173. The molecule has 6 nitrogen and oxygen atoms in total. The van der Waals surface area contributed by atoms with Crippen LogP contribution in [0.4, 0.5) is 0 Å². The summed E-state index contributed by atoms with van der Waals surface area (Å²) in [6.45, 7) is 0.510. The van der Waals surface area contributed by atoms with Gasteiger partial charge in [-0.15, -0.1) is 0 Å². The van der Waals surface area contributed by atoms with E-state index in [1.807, 2.05) is 42.5 Å². The van der Waals surface area contributed by atoms with Crippen LogP contribution in [0.25, 0.3) is 6.08 Å². The molecule has 0 saturated heterocycles. The summed E-state index contributed by atoms with van der Waals surface area (Å²) >= 11 is 0. The first kappa shape index (κ1) is 15.6. The van der Waals surface area contributed by atoms with Gasteiger partial charge < -0.3 is 5.32 Å². The van der Waals surface area contributed by atoms with E-state index >= 15 is 0 Å². The van der Waals surface area contributed by atoms with Gasteiger partial charge >= 0.3 is 0 Å². The fraction of sp³-hybridized carbons (Fsp3) is 0.111. The van der Waals surface area contributed by atoms with Crippen LogP contribution in [-0.4, -0.2) is 25.7 Å². The van der Waals surface area contributed by atoms with E-state index in [1.165, 1.54) is 12.4 Å². The zero-order valence-corrected chi connectivity index (χ0v) is 13.0. The highest BCUT2D eigenvalue weighted by Gasteiger charge is 2.14. The van der Waals surface area contributed by atoms with Crippen molar-refractivity contribution in [2.75, 3.05) is 0 Å². The third kappa shape index (κ3) is 4.36. The number of nitrogens with one attached hydrogen (secondary N) is 1. The zero-order valence-electron chi connectivity index (χ0n) is 13.0. The molecule has 1 amide bonds. The lowest BCUT2D eigenvalue weighted by Crippen LogP contribution is -2.30. The Morgan fingerprint density at radius 3 is 2.75 bits per heavy atom. The topological polar surface area (TPSA) is 72.7 Å². The number of carbonyl (C=O) groups is 1. The first-order valence-electron chi connectivity index (χ1n) is 7.57. The minimum atomic E-state index is -0.195. The zero-order chi connectivity index (χ0) is 16.6. The molecule has 0 aliphatic carbocycles. The molecule has 0 unspecified atom stereocenters. The molecule has 0 aliphatic rings. The molecule has 0 radical (unpaired) electrons. The smallest absolute Gasteiger partial charge is 0.244 e. The number of carbonyl (C=O) groups excluding carboxylic acids is 1. The second kappa shape index (κ2) is 7.82. The molecule has 0 spiro atoms. The predicted molar refractivity (Wildman–Crippen MR) is 90.6 cm³/mol. The third-order valence-electron chi connectivity index (χ3n) is 3.47. The summed E-state index contributed by atoms with van der Waals surface area (Å²) in [5.74, 6) is -0.173. The molecule has 0 saturated carbocycles. The largest absolute Gasteiger partial charge is 0.344 e. The molecule has 1 aromatic carbocycles. The fourth-order valence-corrected chi connectivity index (χ4v) is 2.30. The maximum absolute atomic E-state index is 12.3. The van der Waals surface area contributed by atoms with Crippen molar-refractivity contribution in [3.05, 3.63) is 84.7 Å². The van der Waals surface area contributed by atoms with Gasteiger partial charge in [-0.25, -0.2) is 4.98 Å². The Morgan fingerprint density at radius 2 is 2.04 bits per heavy atom. The van der Waals surface area contributed by atoms with E-state index in [1.54, 1.807) is 29.5 Å². The van der Waals surface area contributed by atoms with Crippen LogP contribution in [0.15, 0.2) is 73.6 Å². The minimum Gasteiger partial charge on any atom is -0.344 e. The van der Waals surface area contributed by atoms with Gasteiger partial charge in [-0.05, 0) is 23.3 Å². The van der Waals surface area contributed by atoms with Crippen molar-refractivity contribution in [3.63, 3.8) is 0 Å². The molecule has 120 valence electrons. The molecular formula is C18H17N5O. The number of pyridine rings is 1. The van der Waals surface area contributed by atoms with Gasteiger partial charge in [-0.2, -0.15) is 5.10 Å². The fourth-order valence-electron chi connectivity index (χ4n) is 2.30. The van der Waals surface area contributed by atoms with Crippen LogP contribution in [0.5, 0.6) is 0 Å². The van der Waals surface area contributed by atoms with Crippen LogP contribution >= 0.6 is 0 Å². The molecular weight excluding hydrogens is 302 g/mol. The van der Waals surface area contributed by atoms with E-state index < -0.39 is 0 Å². The lowest BCUT2D eigenvalue weighted by molar-refractivity contribution is -0.117. The Balaban J connectivity index is 1.71. The Kier molecular flexibility index (Phi) is 5.09. The average molecular weight is 319 g/mol. The average Bonchev–Trinajstić information content (AvgIpc) is 3.14. The second-order valence-corrected chi connectivity index (χ2v) is 5.21. The van der Waals surface area contributed by atoms with E-state index in [0.717, 1.165) is 11.1 Å². The van der Waals surface area contributed by atoms with E-state index in [0.29, 0.717) is 6.54 Å². The Bertz CT molecular complexity index is 785. The standard InChI is InChI=1S/C18H17N5O/c24-18(9-8-15-5-4-10-19-11-15)22-17(12-23-14-20-13-21-23)16-6-2-1-3-7-16/h1-11,13-14,17H,12H2,(H,22,24)/b9-8+/t17-/m0/s1. The molecule has 0 bridgehead atoms. The van der Waals surface area contributed by atoms with Gasteiger partial charge in [0.25, 0.3) is 0 Å². The van der Waals surface area contributed by atoms with E-state index in [2.05, 4.69) is 20.4 Å². The van der Waals surface area contributed by atoms with Crippen molar-refractivity contribution >= 4 is 12.0 Å². The maximum atomic E-state index is 12.3. The Hall–Kier alpha value is -3.28. The molecule has 3 aromatic rings. The van der Waals surface area contributed by atoms with E-state index in [9.17, 15) is 4.79 Å². The molecule has 24 heavy (non-hydrogen) atoms. The van der Waals surface area contributed by atoms with Crippen LogP contribution in [0, 0.1) is 0 Å². The van der Waals surface area contributed by atoms with Crippen molar-refractivity contribution in [1.82, 2.24) is 25.1 Å². The summed E-state index contributed by atoms with van der Waals surface area (Å²) in [5, 5.41) is 7.12. The molecule has 6 heteroatoms. The summed E-state index contributed by atoms with van der Waals surface area (Å²) in [4.78, 5) is 20.2. The van der Waals surface area contributed by atoms with Gasteiger partial charge in [0.05, 0.1) is 12.6 Å². The summed E-state index contributed by atoms with van der Waals surface area (Å²) in [5.41, 5.74) is 1.89. The Morgan fingerprint density at radius 1 is 1.17 bits per heavy atom. The molecule has 2 aromatic heterocycles. The van der Waals surface area contributed by atoms with Crippen molar-refractivity contribution in [1.29, 1.82) is 0 Å². The van der Waals surface area contributed by atoms with Gasteiger partial charge in [-0.1, -0.05) is 36.4 Å². The molecule has 3 rings (SSSR count). The number of amides is 1. The normalized spacial score (nSPS) is 12.2. The quantitative estimate of drug-likeness (QED) is 0.707. The highest BCUT2D eigenvalue weighted by atomic mass is 16.1. The number of hydrogen-bond acceptors (Lipinski definition) is 4. The SMILES string of the molecule is O=C(/C=C/c1cccnc1)N[C@@H](Cn1cncn1)c1ccccc1. The number of nitrogens with zero attached hydrogens (tertiary/aromatic N) is 4. The lowest BCUT2D eigenvalue weighted by Gasteiger charge is -2.18. The Labute approximate surface area is 139 Å². The number of hydrogen-bond donors (Lipinski definition) is 1. The molecule has 1 N–H and O–H groups in total. The van der Waals surface area contributed by atoms with Crippen LogP contribution < -0.4 is 5.32 Å². The van der Waals surface area contributed by atoms with Crippen molar-refractivity contribution in [3.8, 4) is 0 Å². The highest BCUT2D eigenvalue weighted by Crippen LogP contribution is 2.14. The van der Waals surface area contributed by atoms with Crippen molar-refractivity contribution in [2.45, 2.75) is 12.6 Å². The monoisotopic (exact) mass is 319 g/mol. The van der Waals surface area contributed by atoms with Crippen LogP contribution in [-0.2, 0) is 11.3 Å². The molecule has 0 fully saturated rings. The van der Waals surface area contributed by atoms with Crippen molar-refractivity contribution in [2.24, 2.45) is 0 Å². The van der Waals surface area contributed by atoms with Crippen LogP contribution in [0.3, 0.4) is 0 Å². The molecule has 1 atom stereocenters. The number of rotatable bonds is 6. The second-order valence-electron chi connectivity index (χ2n) is 5.21. The first-order valence-corrected chi connectivity index (χ1v) is 7.57. The molecule has 2 heterocycles. The van der Waals surface area contributed by atoms with Crippen LogP contribution in [0.2, 0.25) is 0 Å². The first-order chi connectivity index (χ1) is 11.8. The summed E-state index contributed by atoms with van der Waals surface area (Å²) in [6, 6.07) is 13.3.